The minimum absolute atomic E-state index is 0.0450. The molecule has 0 N–H and O–H groups in total. The Labute approximate surface area is 155 Å². The first-order valence-corrected chi connectivity index (χ1v) is 8.49. The van der Waals surface area contributed by atoms with Crippen LogP contribution in [0.15, 0.2) is 18.2 Å². The summed E-state index contributed by atoms with van der Waals surface area (Å²) in [6.45, 7) is 1.14. The van der Waals surface area contributed by atoms with Crippen molar-refractivity contribution < 1.29 is 22.7 Å². The fourth-order valence-corrected chi connectivity index (χ4v) is 3.01. The third-order valence-electron chi connectivity index (χ3n) is 4.17. The summed E-state index contributed by atoms with van der Waals surface area (Å²) in [5, 5.41) is 17.5. The number of halogens is 3. The van der Waals surface area contributed by atoms with Gasteiger partial charge in [0.05, 0.1) is 31.5 Å². The maximum absolute atomic E-state index is 12.6. The summed E-state index contributed by atoms with van der Waals surface area (Å²) in [5.41, 5.74) is 1.39. The number of alkyl halides is 3. The van der Waals surface area contributed by atoms with Crippen LogP contribution in [-0.4, -0.2) is 43.3 Å². The minimum Gasteiger partial charge on any atom is -0.406 e. The average Bonchev–Trinajstić information content (AvgIpc) is 2.60. The highest BCUT2D eigenvalue weighted by molar-refractivity contribution is 5.82. The van der Waals surface area contributed by atoms with Crippen LogP contribution in [0.4, 0.5) is 18.9 Å². The van der Waals surface area contributed by atoms with Gasteiger partial charge in [-0.05, 0) is 36.6 Å². The van der Waals surface area contributed by atoms with Gasteiger partial charge in [-0.25, -0.2) is 0 Å². The molecule has 144 valence electrons. The molecule has 0 saturated heterocycles. The second kappa shape index (κ2) is 9.13. The van der Waals surface area contributed by atoms with Crippen LogP contribution in [-0.2, 0) is 11.2 Å². The van der Waals surface area contributed by atoms with Gasteiger partial charge < -0.3 is 14.5 Å². The molecule has 0 bridgehead atoms. The first kappa shape index (κ1) is 20.4. The Bertz CT molecular complexity index is 734. The third-order valence-corrected chi connectivity index (χ3v) is 4.17. The zero-order valence-corrected chi connectivity index (χ0v) is 14.6. The number of fused-ring (bicyclic) bond motifs is 1. The number of carbonyl (C=O) groups is 1. The summed E-state index contributed by atoms with van der Waals surface area (Å²) in [7, 11) is 0. The van der Waals surface area contributed by atoms with Crippen molar-refractivity contribution in [2.75, 3.05) is 31.1 Å². The predicted octanol–water partition coefficient (Wildman–Crippen LogP) is 2.99. The number of anilines is 1. The molecule has 0 aromatic heterocycles. The standard InChI is InChI=1S/C18H19F3N4O2/c19-18(20,21)27-15-5-6-16-14(12-15)4-1-9-25(16)13-17(26)24(10-2-7-22)11-3-8-23/h5-6,12H,1-4,9-11,13H2. The van der Waals surface area contributed by atoms with Crippen molar-refractivity contribution in [1.29, 1.82) is 10.5 Å². The van der Waals surface area contributed by atoms with Gasteiger partial charge in [-0.15, -0.1) is 13.2 Å². The number of hydrogen-bond acceptors (Lipinski definition) is 5. The molecule has 1 heterocycles. The van der Waals surface area contributed by atoms with Gasteiger partial charge in [-0.1, -0.05) is 0 Å². The van der Waals surface area contributed by atoms with Gasteiger partial charge in [0, 0.05) is 25.3 Å². The lowest BCUT2D eigenvalue weighted by Crippen LogP contribution is -2.43. The molecule has 0 aliphatic carbocycles. The maximum atomic E-state index is 12.6. The lowest BCUT2D eigenvalue weighted by molar-refractivity contribution is -0.274. The number of amides is 1. The largest absolute Gasteiger partial charge is 0.573 e. The first-order valence-electron chi connectivity index (χ1n) is 8.49. The van der Waals surface area contributed by atoms with Crippen molar-refractivity contribution >= 4 is 11.6 Å². The van der Waals surface area contributed by atoms with E-state index in [1.807, 2.05) is 17.0 Å². The van der Waals surface area contributed by atoms with Gasteiger partial charge in [0.2, 0.25) is 5.91 Å². The molecule has 0 fully saturated rings. The van der Waals surface area contributed by atoms with E-state index in [0.29, 0.717) is 30.6 Å². The summed E-state index contributed by atoms with van der Waals surface area (Å²) in [6, 6.07) is 8.06. The number of carbonyl (C=O) groups excluding carboxylic acids is 1. The SMILES string of the molecule is N#CCCN(CCC#N)C(=O)CN1CCCc2cc(OC(F)(F)F)ccc21. The zero-order valence-electron chi connectivity index (χ0n) is 14.6. The number of ether oxygens (including phenoxy) is 1. The molecular weight excluding hydrogens is 361 g/mol. The molecular formula is C18H19F3N4O2. The molecule has 27 heavy (non-hydrogen) atoms. The van der Waals surface area contributed by atoms with Gasteiger partial charge in [-0.2, -0.15) is 10.5 Å². The number of hydrogen-bond donors (Lipinski definition) is 0. The van der Waals surface area contributed by atoms with Crippen LogP contribution in [0.2, 0.25) is 0 Å². The number of benzene rings is 1. The Hall–Kier alpha value is -2.94. The Morgan fingerprint density at radius 3 is 2.48 bits per heavy atom. The van der Waals surface area contributed by atoms with E-state index in [1.165, 1.54) is 23.1 Å². The molecule has 1 aliphatic rings. The molecule has 1 aromatic carbocycles. The van der Waals surface area contributed by atoms with Crippen molar-refractivity contribution in [3.05, 3.63) is 23.8 Å². The molecule has 0 spiro atoms. The topological polar surface area (TPSA) is 80.4 Å². The summed E-state index contributed by atoms with van der Waals surface area (Å²) in [4.78, 5) is 15.9. The second-order valence-electron chi connectivity index (χ2n) is 6.06. The predicted molar refractivity (Wildman–Crippen MR) is 90.7 cm³/mol. The third kappa shape index (κ3) is 6.07. The quantitative estimate of drug-likeness (QED) is 0.726. The molecule has 0 radical (unpaired) electrons. The Morgan fingerprint density at radius 1 is 1.22 bits per heavy atom. The van der Waals surface area contributed by atoms with Crippen LogP contribution in [0.5, 0.6) is 5.75 Å². The molecule has 0 saturated carbocycles. The molecule has 1 amide bonds. The van der Waals surface area contributed by atoms with Crippen molar-refractivity contribution in [2.45, 2.75) is 32.0 Å². The molecule has 0 atom stereocenters. The molecule has 1 aromatic rings. The minimum atomic E-state index is -4.75. The van der Waals surface area contributed by atoms with E-state index >= 15 is 0 Å². The molecule has 9 heteroatoms. The van der Waals surface area contributed by atoms with Crippen LogP contribution in [0.25, 0.3) is 0 Å². The summed E-state index contributed by atoms with van der Waals surface area (Å²) in [5.74, 6) is -0.497. The monoisotopic (exact) mass is 380 g/mol. The van der Waals surface area contributed by atoms with E-state index in [4.69, 9.17) is 10.5 Å². The fourth-order valence-electron chi connectivity index (χ4n) is 3.01. The van der Waals surface area contributed by atoms with Crippen molar-refractivity contribution in [2.24, 2.45) is 0 Å². The van der Waals surface area contributed by atoms with Crippen LogP contribution < -0.4 is 9.64 Å². The number of nitrogens with zero attached hydrogens (tertiary/aromatic N) is 4. The average molecular weight is 380 g/mol. The van der Waals surface area contributed by atoms with Gasteiger partial charge >= 0.3 is 6.36 Å². The molecule has 1 aliphatic heterocycles. The highest BCUT2D eigenvalue weighted by Crippen LogP contribution is 2.32. The van der Waals surface area contributed by atoms with Crippen molar-refractivity contribution in [1.82, 2.24) is 4.90 Å². The first-order chi connectivity index (χ1) is 12.8. The smallest absolute Gasteiger partial charge is 0.406 e. The summed E-state index contributed by atoms with van der Waals surface area (Å²) < 4.78 is 41.1. The molecule has 6 nitrogen and oxygen atoms in total. The van der Waals surface area contributed by atoms with Crippen LogP contribution in [0.1, 0.15) is 24.8 Å². The maximum Gasteiger partial charge on any atom is 0.573 e. The van der Waals surface area contributed by atoms with E-state index in [1.54, 1.807) is 0 Å². The van der Waals surface area contributed by atoms with Crippen molar-refractivity contribution in [3.63, 3.8) is 0 Å². The van der Waals surface area contributed by atoms with E-state index in [2.05, 4.69) is 4.74 Å². The van der Waals surface area contributed by atoms with E-state index in [-0.39, 0.29) is 44.1 Å². The number of aryl methyl sites for hydroxylation is 1. The zero-order chi connectivity index (χ0) is 19.9. The molecule has 0 unspecified atom stereocenters. The lowest BCUT2D eigenvalue weighted by atomic mass is 10.0. The van der Waals surface area contributed by atoms with Gasteiger partial charge in [0.15, 0.2) is 0 Å². The van der Waals surface area contributed by atoms with Crippen LogP contribution >= 0.6 is 0 Å². The fraction of sp³-hybridized carbons (Fsp3) is 0.500. The lowest BCUT2D eigenvalue weighted by Gasteiger charge is -2.33. The Kier molecular flexibility index (Phi) is 6.89. The van der Waals surface area contributed by atoms with Crippen LogP contribution in [0, 0.1) is 22.7 Å². The number of nitriles is 2. The Morgan fingerprint density at radius 2 is 1.89 bits per heavy atom. The van der Waals surface area contributed by atoms with E-state index in [0.717, 1.165) is 0 Å². The van der Waals surface area contributed by atoms with E-state index < -0.39 is 6.36 Å². The summed E-state index contributed by atoms with van der Waals surface area (Å²) in [6.07, 6.45) is -3.11. The van der Waals surface area contributed by atoms with Gasteiger partial charge in [-0.3, -0.25) is 4.79 Å². The highest BCUT2D eigenvalue weighted by Gasteiger charge is 2.31. The van der Waals surface area contributed by atoms with E-state index in [9.17, 15) is 18.0 Å². The van der Waals surface area contributed by atoms with Crippen molar-refractivity contribution in [3.8, 4) is 17.9 Å². The van der Waals surface area contributed by atoms with Gasteiger partial charge in [0.25, 0.3) is 0 Å². The number of rotatable bonds is 7. The summed E-state index contributed by atoms with van der Waals surface area (Å²) >= 11 is 0. The Balaban J connectivity index is 2.11. The van der Waals surface area contributed by atoms with Gasteiger partial charge in [0.1, 0.15) is 5.75 Å². The highest BCUT2D eigenvalue weighted by atomic mass is 19.4. The normalized spacial score (nSPS) is 13.3. The second-order valence-corrected chi connectivity index (χ2v) is 6.06. The molecule has 2 rings (SSSR count). The van der Waals surface area contributed by atoms with Crippen LogP contribution in [0.3, 0.4) is 0 Å².